The molecule has 1 aliphatic rings. The average Bonchev–Trinajstić information content (AvgIpc) is 2.27. The first-order chi connectivity index (χ1) is 7.86. The van der Waals surface area contributed by atoms with Crippen molar-refractivity contribution in [2.75, 3.05) is 39.9 Å². The SMILES string of the molecule is COCC(N)C(=O)N1CCN(S(N)(=O)=O)CC1.Cl. The zero-order valence-electron chi connectivity index (χ0n) is 10.1. The summed E-state index contributed by atoms with van der Waals surface area (Å²) >= 11 is 0. The van der Waals surface area contributed by atoms with Crippen LogP contribution in [0.2, 0.25) is 0 Å². The van der Waals surface area contributed by atoms with Crippen molar-refractivity contribution in [2.45, 2.75) is 6.04 Å². The van der Waals surface area contributed by atoms with Crippen molar-refractivity contribution < 1.29 is 17.9 Å². The number of rotatable bonds is 4. The van der Waals surface area contributed by atoms with Crippen molar-refractivity contribution in [3.05, 3.63) is 0 Å². The van der Waals surface area contributed by atoms with Crippen molar-refractivity contribution in [3.8, 4) is 0 Å². The van der Waals surface area contributed by atoms with E-state index in [2.05, 4.69) is 0 Å². The first-order valence-electron chi connectivity index (χ1n) is 5.17. The molecule has 18 heavy (non-hydrogen) atoms. The summed E-state index contributed by atoms with van der Waals surface area (Å²) in [4.78, 5) is 13.3. The van der Waals surface area contributed by atoms with Gasteiger partial charge in [-0.2, -0.15) is 12.7 Å². The minimum Gasteiger partial charge on any atom is -0.383 e. The van der Waals surface area contributed by atoms with Gasteiger partial charge in [-0.05, 0) is 0 Å². The molecule has 108 valence electrons. The Morgan fingerprint density at radius 3 is 2.22 bits per heavy atom. The quantitative estimate of drug-likeness (QED) is 0.607. The number of nitrogens with two attached hydrogens (primary N) is 2. The number of hydrogen-bond acceptors (Lipinski definition) is 5. The number of halogens is 1. The highest BCUT2D eigenvalue weighted by Gasteiger charge is 2.28. The lowest BCUT2D eigenvalue weighted by Crippen LogP contribution is -2.56. The highest BCUT2D eigenvalue weighted by molar-refractivity contribution is 7.86. The summed E-state index contributed by atoms with van der Waals surface area (Å²) in [6.45, 7) is 1.14. The highest BCUT2D eigenvalue weighted by Crippen LogP contribution is 2.05. The number of carbonyl (C=O) groups is 1. The van der Waals surface area contributed by atoms with Crippen molar-refractivity contribution in [3.63, 3.8) is 0 Å². The molecule has 0 aromatic carbocycles. The smallest absolute Gasteiger partial charge is 0.277 e. The molecule has 10 heteroatoms. The molecule has 0 radical (unpaired) electrons. The van der Waals surface area contributed by atoms with Crippen LogP contribution in [0.1, 0.15) is 0 Å². The summed E-state index contributed by atoms with van der Waals surface area (Å²) in [6, 6.07) is -0.707. The molecule has 0 aromatic heterocycles. The van der Waals surface area contributed by atoms with Crippen molar-refractivity contribution in [1.82, 2.24) is 9.21 Å². The van der Waals surface area contributed by atoms with Gasteiger partial charge in [0, 0.05) is 33.3 Å². The second-order valence-corrected chi connectivity index (χ2v) is 5.38. The lowest BCUT2D eigenvalue weighted by Gasteiger charge is -2.34. The van der Waals surface area contributed by atoms with E-state index in [1.807, 2.05) is 0 Å². The van der Waals surface area contributed by atoms with Crippen LogP contribution in [-0.2, 0) is 19.7 Å². The van der Waals surface area contributed by atoms with Crippen LogP contribution in [0.25, 0.3) is 0 Å². The maximum atomic E-state index is 11.8. The van der Waals surface area contributed by atoms with Crippen LogP contribution < -0.4 is 10.9 Å². The Morgan fingerprint density at radius 1 is 1.33 bits per heavy atom. The molecule has 1 atom stereocenters. The van der Waals surface area contributed by atoms with E-state index in [1.165, 1.54) is 12.0 Å². The molecule has 0 aliphatic carbocycles. The molecular weight excluding hydrogens is 284 g/mol. The molecule has 1 saturated heterocycles. The summed E-state index contributed by atoms with van der Waals surface area (Å²) in [6.07, 6.45) is 0. The van der Waals surface area contributed by atoms with Gasteiger partial charge >= 0.3 is 0 Å². The predicted molar refractivity (Wildman–Crippen MR) is 68.4 cm³/mol. The molecule has 0 aromatic rings. The minimum absolute atomic E-state index is 0. The molecule has 1 aliphatic heterocycles. The molecule has 0 bridgehead atoms. The van der Waals surface area contributed by atoms with E-state index in [0.29, 0.717) is 13.1 Å². The molecule has 1 amide bonds. The van der Waals surface area contributed by atoms with E-state index in [9.17, 15) is 13.2 Å². The van der Waals surface area contributed by atoms with E-state index < -0.39 is 16.3 Å². The number of carbonyl (C=O) groups excluding carboxylic acids is 1. The summed E-state index contributed by atoms with van der Waals surface area (Å²) < 4.78 is 28.0. The molecule has 1 rings (SSSR count). The zero-order chi connectivity index (χ0) is 13.1. The van der Waals surface area contributed by atoms with Crippen LogP contribution in [0, 0.1) is 0 Å². The lowest BCUT2D eigenvalue weighted by molar-refractivity contribution is -0.134. The van der Waals surface area contributed by atoms with Gasteiger partial charge in [0.15, 0.2) is 0 Å². The number of piperazine rings is 1. The fourth-order valence-electron chi connectivity index (χ4n) is 1.65. The van der Waals surface area contributed by atoms with Crippen molar-refractivity contribution >= 4 is 28.5 Å². The number of hydrogen-bond donors (Lipinski definition) is 2. The molecular formula is C8H19ClN4O4S. The van der Waals surface area contributed by atoms with Gasteiger partial charge < -0.3 is 15.4 Å². The van der Waals surface area contributed by atoms with Crippen LogP contribution in [0.4, 0.5) is 0 Å². The second-order valence-electron chi connectivity index (χ2n) is 3.83. The Bertz CT molecular complexity index is 369. The fraction of sp³-hybridized carbons (Fsp3) is 0.875. The normalized spacial score (nSPS) is 19.2. The van der Waals surface area contributed by atoms with Crippen LogP contribution in [-0.4, -0.2) is 69.5 Å². The fourth-order valence-corrected chi connectivity index (χ4v) is 2.32. The van der Waals surface area contributed by atoms with Gasteiger partial charge in [0.2, 0.25) is 5.91 Å². The molecule has 0 spiro atoms. The molecule has 1 heterocycles. The van der Waals surface area contributed by atoms with Crippen LogP contribution in [0.3, 0.4) is 0 Å². The van der Waals surface area contributed by atoms with Gasteiger partial charge in [0.05, 0.1) is 6.61 Å². The highest BCUT2D eigenvalue weighted by atomic mass is 35.5. The number of methoxy groups -OCH3 is 1. The minimum atomic E-state index is -3.67. The van der Waals surface area contributed by atoms with Gasteiger partial charge in [0.1, 0.15) is 6.04 Å². The van der Waals surface area contributed by atoms with E-state index in [0.717, 1.165) is 4.31 Å². The topological polar surface area (TPSA) is 119 Å². The van der Waals surface area contributed by atoms with E-state index in [4.69, 9.17) is 15.6 Å². The Labute approximate surface area is 113 Å². The average molecular weight is 303 g/mol. The largest absolute Gasteiger partial charge is 0.383 e. The van der Waals surface area contributed by atoms with E-state index in [-0.39, 0.29) is 38.0 Å². The van der Waals surface area contributed by atoms with Gasteiger partial charge in [-0.1, -0.05) is 0 Å². The number of ether oxygens (including phenoxy) is 1. The van der Waals surface area contributed by atoms with Gasteiger partial charge in [-0.15, -0.1) is 12.4 Å². The molecule has 0 saturated carbocycles. The van der Waals surface area contributed by atoms with Crippen LogP contribution in [0.15, 0.2) is 0 Å². The Kier molecular flexibility index (Phi) is 7.04. The molecule has 8 nitrogen and oxygen atoms in total. The standard InChI is InChI=1S/C8H18N4O4S.ClH/c1-16-6-7(9)8(13)11-2-4-12(5-3-11)17(10,14)15;/h7H,2-6,9H2,1H3,(H2,10,14,15);1H. The first kappa shape index (κ1) is 17.6. The molecule has 1 unspecified atom stereocenters. The van der Waals surface area contributed by atoms with E-state index in [1.54, 1.807) is 0 Å². The van der Waals surface area contributed by atoms with Crippen molar-refractivity contribution in [2.24, 2.45) is 10.9 Å². The maximum absolute atomic E-state index is 11.8. The third kappa shape index (κ3) is 4.67. The third-order valence-electron chi connectivity index (χ3n) is 2.57. The lowest BCUT2D eigenvalue weighted by atomic mass is 10.2. The molecule has 1 fully saturated rings. The maximum Gasteiger partial charge on any atom is 0.277 e. The second kappa shape index (κ2) is 7.22. The number of amides is 1. The van der Waals surface area contributed by atoms with Gasteiger partial charge in [-0.25, -0.2) is 5.14 Å². The summed E-state index contributed by atoms with van der Waals surface area (Å²) in [5.74, 6) is -0.235. The van der Waals surface area contributed by atoms with Crippen LogP contribution in [0.5, 0.6) is 0 Å². The van der Waals surface area contributed by atoms with Crippen LogP contribution >= 0.6 is 12.4 Å². The predicted octanol–water partition coefficient (Wildman–Crippen LogP) is -2.27. The van der Waals surface area contributed by atoms with E-state index >= 15 is 0 Å². The number of nitrogens with zero attached hydrogens (tertiary/aromatic N) is 2. The summed E-state index contributed by atoms with van der Waals surface area (Å²) in [7, 11) is -2.20. The third-order valence-corrected chi connectivity index (χ3v) is 3.66. The Morgan fingerprint density at radius 2 is 1.83 bits per heavy atom. The Balaban J connectivity index is 0.00000289. The monoisotopic (exact) mass is 302 g/mol. The summed E-state index contributed by atoms with van der Waals surface area (Å²) in [5.41, 5.74) is 5.61. The summed E-state index contributed by atoms with van der Waals surface area (Å²) in [5, 5.41) is 4.99. The van der Waals surface area contributed by atoms with Gasteiger partial charge in [-0.3, -0.25) is 4.79 Å². The van der Waals surface area contributed by atoms with Crippen molar-refractivity contribution in [1.29, 1.82) is 0 Å². The first-order valence-corrected chi connectivity index (χ1v) is 6.67. The Hall–Kier alpha value is -0.450. The zero-order valence-corrected chi connectivity index (χ0v) is 11.7. The van der Waals surface area contributed by atoms with Gasteiger partial charge in [0.25, 0.3) is 10.2 Å². The molecule has 4 N–H and O–H groups in total.